The van der Waals surface area contributed by atoms with Gasteiger partial charge in [0.15, 0.2) is 6.10 Å². The molecule has 7 heteroatoms. The fourth-order valence-corrected chi connectivity index (χ4v) is 2.68. The average molecular weight is 361 g/mol. The Morgan fingerprint density at radius 2 is 2.12 bits per heavy atom. The van der Waals surface area contributed by atoms with Crippen LogP contribution in [0.5, 0.6) is 11.5 Å². The van der Waals surface area contributed by atoms with E-state index in [4.69, 9.17) is 21.1 Å². The molecule has 2 amide bonds. The second-order valence-corrected chi connectivity index (χ2v) is 6.05. The highest BCUT2D eigenvalue weighted by Crippen LogP contribution is 2.32. The molecule has 0 aromatic heterocycles. The van der Waals surface area contributed by atoms with Gasteiger partial charge in [0.1, 0.15) is 11.5 Å². The molecule has 25 heavy (non-hydrogen) atoms. The van der Waals surface area contributed by atoms with Crippen LogP contribution in [0.2, 0.25) is 5.02 Å². The fraction of sp³-hybridized carbons (Fsp3) is 0.222. The van der Waals surface area contributed by atoms with Crippen LogP contribution in [0.15, 0.2) is 36.4 Å². The molecule has 3 rings (SSSR count). The predicted molar refractivity (Wildman–Crippen MR) is 95.5 cm³/mol. The molecule has 0 unspecified atom stereocenters. The van der Waals surface area contributed by atoms with Crippen molar-refractivity contribution in [3.05, 3.63) is 47.0 Å². The summed E-state index contributed by atoms with van der Waals surface area (Å²) in [7, 11) is 1.49. The van der Waals surface area contributed by atoms with E-state index in [9.17, 15) is 9.59 Å². The van der Waals surface area contributed by atoms with E-state index in [-0.39, 0.29) is 18.2 Å². The van der Waals surface area contributed by atoms with Crippen LogP contribution in [0.1, 0.15) is 12.0 Å². The lowest BCUT2D eigenvalue weighted by Crippen LogP contribution is -2.39. The maximum atomic E-state index is 12.3. The zero-order chi connectivity index (χ0) is 18.0. The number of hydrogen-bond donors (Lipinski definition) is 2. The first-order chi connectivity index (χ1) is 12.0. The minimum Gasteiger partial charge on any atom is -0.495 e. The van der Waals surface area contributed by atoms with E-state index in [0.29, 0.717) is 27.9 Å². The van der Waals surface area contributed by atoms with Gasteiger partial charge in [-0.05, 0) is 30.7 Å². The first-order valence-electron chi connectivity index (χ1n) is 7.68. The van der Waals surface area contributed by atoms with Crippen molar-refractivity contribution in [2.45, 2.75) is 19.4 Å². The quantitative estimate of drug-likeness (QED) is 0.876. The summed E-state index contributed by atoms with van der Waals surface area (Å²) in [5.41, 5.74) is 1.89. The van der Waals surface area contributed by atoms with E-state index >= 15 is 0 Å². The van der Waals surface area contributed by atoms with Crippen LogP contribution < -0.4 is 20.1 Å². The highest BCUT2D eigenvalue weighted by molar-refractivity contribution is 6.31. The first kappa shape index (κ1) is 17.1. The lowest BCUT2D eigenvalue weighted by atomic mass is 10.1. The van der Waals surface area contributed by atoms with Gasteiger partial charge in [0.05, 0.1) is 24.9 Å². The number of benzene rings is 2. The Bertz CT molecular complexity index is 838. The second-order valence-electron chi connectivity index (χ2n) is 5.65. The fourth-order valence-electron chi connectivity index (χ4n) is 2.53. The van der Waals surface area contributed by atoms with Crippen LogP contribution in [0.25, 0.3) is 0 Å². The number of methoxy groups -OCH3 is 1. The van der Waals surface area contributed by atoms with Gasteiger partial charge >= 0.3 is 0 Å². The van der Waals surface area contributed by atoms with Crippen molar-refractivity contribution in [1.82, 2.24) is 0 Å². The molecular weight excluding hydrogens is 344 g/mol. The Morgan fingerprint density at radius 3 is 2.88 bits per heavy atom. The molecule has 2 aromatic carbocycles. The van der Waals surface area contributed by atoms with Gasteiger partial charge in [-0.2, -0.15) is 0 Å². The number of carbonyl (C=O) groups is 2. The minimum atomic E-state index is -0.894. The molecular formula is C18H17ClN2O4. The number of carbonyl (C=O) groups excluding carboxylic acids is 2. The normalized spacial score (nSPS) is 15.6. The van der Waals surface area contributed by atoms with Gasteiger partial charge < -0.3 is 20.1 Å². The number of anilines is 2. The highest BCUT2D eigenvalue weighted by atomic mass is 35.5. The molecule has 2 N–H and O–H groups in total. The molecule has 0 aliphatic carbocycles. The Morgan fingerprint density at radius 1 is 1.36 bits per heavy atom. The number of rotatable bonds is 4. The molecule has 130 valence electrons. The van der Waals surface area contributed by atoms with Gasteiger partial charge in [0, 0.05) is 11.1 Å². The maximum Gasteiger partial charge on any atom is 0.266 e. The van der Waals surface area contributed by atoms with Crippen LogP contribution in [-0.2, 0) is 9.59 Å². The Kier molecular flexibility index (Phi) is 4.81. The molecule has 1 heterocycles. The Balaban J connectivity index is 1.71. The van der Waals surface area contributed by atoms with E-state index in [0.717, 1.165) is 5.56 Å². The van der Waals surface area contributed by atoms with Crippen molar-refractivity contribution in [1.29, 1.82) is 0 Å². The molecule has 6 nitrogen and oxygen atoms in total. The van der Waals surface area contributed by atoms with Crippen molar-refractivity contribution in [3.63, 3.8) is 0 Å². The third-order valence-electron chi connectivity index (χ3n) is 3.83. The van der Waals surface area contributed by atoms with Crippen molar-refractivity contribution < 1.29 is 19.1 Å². The third kappa shape index (κ3) is 3.69. The van der Waals surface area contributed by atoms with Crippen LogP contribution in [-0.4, -0.2) is 25.0 Å². The Labute approximate surface area is 150 Å². The summed E-state index contributed by atoms with van der Waals surface area (Å²) in [6.07, 6.45) is -1.01. The van der Waals surface area contributed by atoms with Gasteiger partial charge in [0.25, 0.3) is 5.91 Å². The topological polar surface area (TPSA) is 76.7 Å². The minimum absolute atomic E-state index is 0.120. The summed E-state index contributed by atoms with van der Waals surface area (Å²) in [5, 5.41) is 6.01. The monoisotopic (exact) mass is 360 g/mol. The van der Waals surface area contributed by atoms with E-state index in [1.807, 2.05) is 6.92 Å². The molecule has 0 radical (unpaired) electrons. The second kappa shape index (κ2) is 7.03. The first-order valence-corrected chi connectivity index (χ1v) is 8.06. The summed E-state index contributed by atoms with van der Waals surface area (Å²) in [4.78, 5) is 24.5. The van der Waals surface area contributed by atoms with Crippen molar-refractivity contribution in [3.8, 4) is 11.5 Å². The number of aryl methyl sites for hydroxylation is 1. The number of amides is 2. The highest BCUT2D eigenvalue weighted by Gasteiger charge is 2.29. The van der Waals surface area contributed by atoms with E-state index in [1.165, 1.54) is 7.11 Å². The molecule has 1 aliphatic heterocycles. The molecule has 0 saturated heterocycles. The van der Waals surface area contributed by atoms with Gasteiger partial charge in [-0.15, -0.1) is 0 Å². The van der Waals surface area contributed by atoms with Crippen LogP contribution in [0, 0.1) is 6.92 Å². The summed E-state index contributed by atoms with van der Waals surface area (Å²) in [5.74, 6) is 0.274. The third-order valence-corrected chi connectivity index (χ3v) is 4.24. The number of para-hydroxylation sites is 2. The van der Waals surface area contributed by atoms with Crippen molar-refractivity contribution in [2.75, 3.05) is 17.7 Å². The van der Waals surface area contributed by atoms with E-state index in [2.05, 4.69) is 10.6 Å². The van der Waals surface area contributed by atoms with Crippen molar-refractivity contribution >= 4 is 34.8 Å². The maximum absolute atomic E-state index is 12.3. The lowest BCUT2D eigenvalue weighted by molar-refractivity contribution is -0.128. The Hall–Kier alpha value is -2.73. The molecule has 0 fully saturated rings. The summed E-state index contributed by atoms with van der Waals surface area (Å²) >= 11 is 6.06. The van der Waals surface area contributed by atoms with E-state index in [1.54, 1.807) is 36.4 Å². The lowest BCUT2D eigenvalue weighted by Gasteiger charge is -2.25. The molecule has 0 saturated carbocycles. The average Bonchev–Trinajstić information content (AvgIpc) is 2.58. The van der Waals surface area contributed by atoms with E-state index < -0.39 is 6.10 Å². The number of halogens is 1. The number of nitrogens with one attached hydrogen (secondary N) is 2. The summed E-state index contributed by atoms with van der Waals surface area (Å²) in [6.45, 7) is 1.83. The summed E-state index contributed by atoms with van der Waals surface area (Å²) < 4.78 is 10.9. The van der Waals surface area contributed by atoms with Crippen LogP contribution in [0.3, 0.4) is 0 Å². The largest absolute Gasteiger partial charge is 0.495 e. The molecule has 1 atom stereocenters. The van der Waals surface area contributed by atoms with Gasteiger partial charge in [-0.1, -0.05) is 23.7 Å². The standard InChI is InChI=1S/C18H17ClN2O4/c1-10-7-13(15(24-2)8-11(10)19)20-17(22)9-16-18(23)21-12-5-3-4-6-14(12)25-16/h3-8,16H,9H2,1-2H3,(H,20,22)(H,21,23)/t16-/m0/s1. The number of hydrogen-bond acceptors (Lipinski definition) is 4. The van der Waals surface area contributed by atoms with Crippen molar-refractivity contribution in [2.24, 2.45) is 0 Å². The van der Waals surface area contributed by atoms with Gasteiger partial charge in [0.2, 0.25) is 5.91 Å². The predicted octanol–water partition coefficient (Wildman–Crippen LogP) is 3.39. The van der Waals surface area contributed by atoms with Crippen LogP contribution in [0.4, 0.5) is 11.4 Å². The van der Waals surface area contributed by atoms with Gasteiger partial charge in [-0.3, -0.25) is 9.59 Å². The smallest absolute Gasteiger partial charge is 0.266 e. The number of ether oxygens (including phenoxy) is 2. The SMILES string of the molecule is COc1cc(Cl)c(C)cc1NC(=O)C[C@@H]1Oc2ccccc2NC1=O. The van der Waals surface area contributed by atoms with Gasteiger partial charge in [-0.25, -0.2) is 0 Å². The zero-order valence-corrected chi connectivity index (χ0v) is 14.5. The zero-order valence-electron chi connectivity index (χ0n) is 13.8. The molecule has 1 aliphatic rings. The number of fused-ring (bicyclic) bond motifs is 1. The molecule has 2 aromatic rings. The molecule has 0 bridgehead atoms. The van der Waals surface area contributed by atoms with Crippen LogP contribution >= 0.6 is 11.6 Å². The molecule has 0 spiro atoms. The summed E-state index contributed by atoms with van der Waals surface area (Å²) in [6, 6.07) is 10.4.